The minimum atomic E-state index is -0.201. The second kappa shape index (κ2) is 6.59. The minimum Gasteiger partial charge on any atom is -0.207 e. The van der Waals surface area contributed by atoms with Crippen molar-refractivity contribution in [3.05, 3.63) is 82.9 Å². The molecule has 0 saturated heterocycles. The normalized spacial score (nSPS) is 19.8. The first-order valence-electron chi connectivity index (χ1n) is 9.14. The first-order chi connectivity index (χ1) is 12.2. The number of benzene rings is 3. The highest BCUT2D eigenvalue weighted by molar-refractivity contribution is 5.87. The van der Waals surface area contributed by atoms with Gasteiger partial charge in [0.1, 0.15) is 11.6 Å². The van der Waals surface area contributed by atoms with Crippen LogP contribution >= 0.6 is 0 Å². The number of aryl methyl sites for hydroxylation is 1. The first kappa shape index (κ1) is 16.3. The molecule has 0 radical (unpaired) electrons. The van der Waals surface area contributed by atoms with Crippen LogP contribution in [0.2, 0.25) is 0 Å². The van der Waals surface area contributed by atoms with Crippen molar-refractivity contribution in [3.8, 4) is 0 Å². The molecule has 3 aromatic carbocycles. The number of halogens is 2. The van der Waals surface area contributed by atoms with E-state index in [0.717, 1.165) is 42.0 Å². The smallest absolute Gasteiger partial charge is 0.123 e. The van der Waals surface area contributed by atoms with E-state index in [1.54, 1.807) is 18.2 Å². The van der Waals surface area contributed by atoms with Crippen LogP contribution in [0, 0.1) is 17.6 Å². The molecule has 0 unspecified atom stereocenters. The van der Waals surface area contributed by atoms with Crippen LogP contribution in [0.3, 0.4) is 0 Å². The topological polar surface area (TPSA) is 0 Å². The fourth-order valence-electron chi connectivity index (χ4n) is 4.50. The molecule has 1 aliphatic rings. The van der Waals surface area contributed by atoms with E-state index >= 15 is 0 Å². The zero-order chi connectivity index (χ0) is 17.4. The Kier molecular flexibility index (Phi) is 4.29. The van der Waals surface area contributed by atoms with Gasteiger partial charge in [0.2, 0.25) is 0 Å². The summed E-state index contributed by atoms with van der Waals surface area (Å²) in [6.45, 7) is 2.22. The molecular formula is C23H22F2. The van der Waals surface area contributed by atoms with Crippen molar-refractivity contribution >= 4 is 10.8 Å². The van der Waals surface area contributed by atoms with Crippen molar-refractivity contribution in [3.63, 3.8) is 0 Å². The van der Waals surface area contributed by atoms with Gasteiger partial charge in [-0.05, 0) is 76.9 Å². The average Bonchev–Trinajstić information content (AvgIpc) is 2.62. The van der Waals surface area contributed by atoms with Crippen LogP contribution in [-0.4, -0.2) is 0 Å². The molecule has 4 rings (SSSR count). The maximum Gasteiger partial charge on any atom is 0.123 e. The highest BCUT2D eigenvalue weighted by atomic mass is 19.1. The van der Waals surface area contributed by atoms with E-state index in [0.29, 0.717) is 5.92 Å². The second-order valence-corrected chi connectivity index (χ2v) is 7.12. The highest BCUT2D eigenvalue weighted by Gasteiger charge is 2.31. The lowest BCUT2D eigenvalue weighted by atomic mass is 9.69. The van der Waals surface area contributed by atoms with Gasteiger partial charge in [-0.1, -0.05) is 43.7 Å². The quantitative estimate of drug-likeness (QED) is 0.504. The zero-order valence-electron chi connectivity index (χ0n) is 14.4. The van der Waals surface area contributed by atoms with E-state index in [4.69, 9.17) is 0 Å². The molecule has 0 bridgehead atoms. The summed E-state index contributed by atoms with van der Waals surface area (Å²) in [6, 6.07) is 16.3. The van der Waals surface area contributed by atoms with Crippen LogP contribution in [0.25, 0.3) is 10.8 Å². The number of fused-ring (bicyclic) bond motifs is 3. The summed E-state index contributed by atoms with van der Waals surface area (Å²) >= 11 is 0. The van der Waals surface area contributed by atoms with Gasteiger partial charge in [0.05, 0.1) is 0 Å². The summed E-state index contributed by atoms with van der Waals surface area (Å²) in [4.78, 5) is 0. The van der Waals surface area contributed by atoms with Gasteiger partial charge in [-0.25, -0.2) is 8.78 Å². The molecule has 3 aromatic rings. The second-order valence-electron chi connectivity index (χ2n) is 7.12. The summed E-state index contributed by atoms with van der Waals surface area (Å²) in [5.74, 6) is 0.424. The molecule has 0 amide bonds. The Balaban J connectivity index is 1.90. The van der Waals surface area contributed by atoms with Gasteiger partial charge in [0.25, 0.3) is 0 Å². The van der Waals surface area contributed by atoms with Gasteiger partial charge in [0.15, 0.2) is 0 Å². The van der Waals surface area contributed by atoms with Crippen LogP contribution in [0.4, 0.5) is 8.78 Å². The lowest BCUT2D eigenvalue weighted by molar-refractivity contribution is 0.380. The van der Waals surface area contributed by atoms with Gasteiger partial charge in [-0.15, -0.1) is 0 Å². The Bertz CT molecular complexity index is 896. The van der Waals surface area contributed by atoms with Gasteiger partial charge in [-0.3, -0.25) is 0 Å². The predicted molar refractivity (Wildman–Crippen MR) is 98.9 cm³/mol. The van der Waals surface area contributed by atoms with Gasteiger partial charge < -0.3 is 0 Å². The molecule has 1 aliphatic carbocycles. The molecule has 0 spiro atoms. The number of rotatable bonds is 3. The molecule has 128 valence electrons. The molecule has 0 saturated carbocycles. The van der Waals surface area contributed by atoms with Crippen molar-refractivity contribution in [2.45, 2.75) is 38.5 Å². The van der Waals surface area contributed by atoms with Crippen molar-refractivity contribution in [2.24, 2.45) is 5.92 Å². The Labute approximate surface area is 147 Å². The molecule has 0 nitrogen and oxygen atoms in total. The van der Waals surface area contributed by atoms with Gasteiger partial charge >= 0.3 is 0 Å². The Morgan fingerprint density at radius 2 is 1.64 bits per heavy atom. The molecule has 0 aliphatic heterocycles. The molecule has 0 heterocycles. The zero-order valence-corrected chi connectivity index (χ0v) is 14.4. The van der Waals surface area contributed by atoms with E-state index in [2.05, 4.69) is 19.1 Å². The SMILES string of the molecule is CCC[C@@H]1CCc2c(ccc3ccc(F)cc23)[C@H]1c1ccc(F)cc1. The van der Waals surface area contributed by atoms with Crippen LogP contribution in [0.15, 0.2) is 54.6 Å². The molecule has 2 heteroatoms. The summed E-state index contributed by atoms with van der Waals surface area (Å²) in [6.07, 6.45) is 4.37. The standard InChI is InChI=1S/C23H22F2/c1-2-3-16-8-12-20-21(23(16)17-5-9-18(24)10-6-17)13-7-15-4-11-19(25)14-22(15)20/h4-7,9-11,13-14,16,23H,2-3,8,12H2,1H3/t16-,23-/m1/s1. The number of hydrogen-bond acceptors (Lipinski definition) is 0. The van der Waals surface area contributed by atoms with Crippen molar-refractivity contribution in [2.75, 3.05) is 0 Å². The van der Waals surface area contributed by atoms with Crippen LogP contribution < -0.4 is 0 Å². The Morgan fingerprint density at radius 3 is 2.40 bits per heavy atom. The summed E-state index contributed by atoms with van der Waals surface area (Å²) in [7, 11) is 0. The third-order valence-electron chi connectivity index (χ3n) is 5.59. The first-order valence-corrected chi connectivity index (χ1v) is 9.14. The van der Waals surface area contributed by atoms with E-state index < -0.39 is 0 Å². The van der Waals surface area contributed by atoms with Crippen LogP contribution in [0.1, 0.15) is 48.8 Å². The molecule has 0 fully saturated rings. The van der Waals surface area contributed by atoms with E-state index in [1.165, 1.54) is 17.2 Å². The highest BCUT2D eigenvalue weighted by Crippen LogP contribution is 2.45. The molecule has 25 heavy (non-hydrogen) atoms. The average molecular weight is 336 g/mol. The fourth-order valence-corrected chi connectivity index (χ4v) is 4.50. The molecule has 0 aromatic heterocycles. The van der Waals surface area contributed by atoms with Crippen molar-refractivity contribution < 1.29 is 8.78 Å². The maximum absolute atomic E-state index is 13.8. The van der Waals surface area contributed by atoms with Gasteiger partial charge in [-0.2, -0.15) is 0 Å². The minimum absolute atomic E-state index is 0.185. The van der Waals surface area contributed by atoms with Crippen LogP contribution in [0.5, 0.6) is 0 Å². The van der Waals surface area contributed by atoms with E-state index in [-0.39, 0.29) is 17.6 Å². The third kappa shape index (κ3) is 2.95. The van der Waals surface area contributed by atoms with E-state index in [9.17, 15) is 8.78 Å². The van der Waals surface area contributed by atoms with Crippen LogP contribution in [-0.2, 0) is 6.42 Å². The molecular weight excluding hydrogens is 314 g/mol. The van der Waals surface area contributed by atoms with Gasteiger partial charge in [0, 0.05) is 5.92 Å². The maximum atomic E-state index is 13.8. The lowest BCUT2D eigenvalue weighted by Crippen LogP contribution is -2.22. The third-order valence-corrected chi connectivity index (χ3v) is 5.59. The summed E-state index contributed by atoms with van der Waals surface area (Å²) < 4.78 is 27.2. The van der Waals surface area contributed by atoms with Crippen molar-refractivity contribution in [1.82, 2.24) is 0 Å². The lowest BCUT2D eigenvalue weighted by Gasteiger charge is -2.35. The summed E-state index contributed by atoms with van der Waals surface area (Å²) in [5.41, 5.74) is 3.71. The molecule has 0 N–H and O–H groups in total. The largest absolute Gasteiger partial charge is 0.207 e. The van der Waals surface area contributed by atoms with Crippen molar-refractivity contribution in [1.29, 1.82) is 0 Å². The Hall–Kier alpha value is -2.22. The Morgan fingerprint density at radius 1 is 0.920 bits per heavy atom. The number of hydrogen-bond donors (Lipinski definition) is 0. The predicted octanol–water partition coefficient (Wildman–Crippen LogP) is 6.61. The molecule has 2 atom stereocenters. The van der Waals surface area contributed by atoms with E-state index in [1.807, 2.05) is 18.2 Å². The monoisotopic (exact) mass is 336 g/mol. The fraction of sp³-hybridized carbons (Fsp3) is 0.304. The summed E-state index contributed by atoms with van der Waals surface area (Å²) in [5, 5.41) is 2.12.